The predicted molar refractivity (Wildman–Crippen MR) is 50.4 cm³/mol. The minimum Gasteiger partial charge on any atom is -0.405 e. The van der Waals surface area contributed by atoms with E-state index in [1.165, 1.54) is 12.1 Å². The van der Waals surface area contributed by atoms with Crippen LogP contribution in [0.1, 0.15) is 5.56 Å². The molecule has 6 heteroatoms. The number of hydrogen-bond acceptors (Lipinski definition) is 1. The molecule has 0 saturated heterocycles. The molecule has 0 fully saturated rings. The summed E-state index contributed by atoms with van der Waals surface area (Å²) in [6.45, 7) is 0. The van der Waals surface area contributed by atoms with Crippen molar-refractivity contribution in [3.8, 4) is 5.75 Å². The molecule has 0 aliphatic carbocycles. The van der Waals surface area contributed by atoms with Gasteiger partial charge in [-0.1, -0.05) is 6.07 Å². The van der Waals surface area contributed by atoms with Gasteiger partial charge in [0.15, 0.2) is 0 Å². The summed E-state index contributed by atoms with van der Waals surface area (Å²) < 4.78 is 39.7. The van der Waals surface area contributed by atoms with Crippen molar-refractivity contribution in [2.45, 2.75) is 12.2 Å². The zero-order chi connectivity index (χ0) is 10.8. The Morgan fingerprint density at radius 1 is 1.36 bits per heavy atom. The summed E-state index contributed by atoms with van der Waals surface area (Å²) in [5.41, 5.74) is 0.564. The van der Waals surface area contributed by atoms with Crippen LogP contribution in [-0.4, -0.2) is 6.36 Å². The van der Waals surface area contributed by atoms with E-state index in [0.29, 0.717) is 5.56 Å². The molecule has 0 atom stereocenters. The summed E-state index contributed by atoms with van der Waals surface area (Å²) in [4.78, 5) is 0. The van der Waals surface area contributed by atoms with Crippen LogP contribution < -0.4 is 4.74 Å². The number of ether oxygens (including phenoxy) is 1. The minimum absolute atomic E-state index is 0.140. The van der Waals surface area contributed by atoms with Crippen LogP contribution in [0, 0.1) is 0 Å². The van der Waals surface area contributed by atoms with Crippen molar-refractivity contribution in [2.24, 2.45) is 0 Å². The number of alkyl halides is 4. The van der Waals surface area contributed by atoms with Crippen molar-refractivity contribution >= 4 is 27.5 Å². The van der Waals surface area contributed by atoms with Crippen LogP contribution >= 0.6 is 27.5 Å². The molecular formula is C8H5BrClF3O. The highest BCUT2D eigenvalue weighted by atomic mass is 79.9. The lowest BCUT2D eigenvalue weighted by Gasteiger charge is -2.11. The Hall–Kier alpha value is -0.420. The maximum absolute atomic E-state index is 11.9. The molecule has 0 radical (unpaired) electrons. The molecule has 78 valence electrons. The molecule has 0 heterocycles. The fraction of sp³-hybridized carbons (Fsp3) is 0.250. The van der Waals surface area contributed by atoms with Crippen molar-refractivity contribution in [3.63, 3.8) is 0 Å². The average Bonchev–Trinajstić information content (AvgIpc) is 2.06. The lowest BCUT2D eigenvalue weighted by molar-refractivity contribution is -0.274. The third-order valence-corrected chi connectivity index (χ3v) is 2.34. The Morgan fingerprint density at radius 3 is 2.50 bits per heavy atom. The summed E-state index contributed by atoms with van der Waals surface area (Å²) in [7, 11) is 0. The Labute approximate surface area is 91.9 Å². The van der Waals surface area contributed by atoms with Gasteiger partial charge in [-0.15, -0.1) is 24.8 Å². The van der Waals surface area contributed by atoms with E-state index in [-0.39, 0.29) is 16.1 Å². The van der Waals surface area contributed by atoms with Gasteiger partial charge in [-0.25, -0.2) is 0 Å². The molecule has 0 bridgehead atoms. The van der Waals surface area contributed by atoms with Crippen LogP contribution in [0.15, 0.2) is 22.7 Å². The van der Waals surface area contributed by atoms with Crippen LogP contribution in [0.4, 0.5) is 13.2 Å². The van der Waals surface area contributed by atoms with Gasteiger partial charge in [-0.2, -0.15) is 0 Å². The Bertz CT molecular complexity index is 327. The van der Waals surface area contributed by atoms with Crippen LogP contribution in [0.3, 0.4) is 0 Å². The first kappa shape index (κ1) is 11.7. The highest BCUT2D eigenvalue weighted by Gasteiger charge is 2.31. The summed E-state index contributed by atoms with van der Waals surface area (Å²) in [6, 6.07) is 4.31. The summed E-state index contributed by atoms with van der Waals surface area (Å²) in [5, 5.41) is 0. The van der Waals surface area contributed by atoms with E-state index in [0.717, 1.165) is 0 Å². The largest absolute Gasteiger partial charge is 0.573 e. The lowest BCUT2D eigenvalue weighted by Crippen LogP contribution is -2.17. The third-order valence-electron chi connectivity index (χ3n) is 1.38. The third kappa shape index (κ3) is 3.38. The minimum atomic E-state index is -4.69. The topological polar surface area (TPSA) is 9.23 Å². The van der Waals surface area contributed by atoms with E-state index < -0.39 is 6.36 Å². The van der Waals surface area contributed by atoms with Gasteiger partial charge in [0.1, 0.15) is 5.75 Å². The van der Waals surface area contributed by atoms with Gasteiger partial charge in [-0.3, -0.25) is 0 Å². The number of benzene rings is 1. The first-order valence-corrected chi connectivity index (χ1v) is 4.85. The summed E-state index contributed by atoms with van der Waals surface area (Å²) >= 11 is 8.41. The lowest BCUT2D eigenvalue weighted by atomic mass is 10.2. The van der Waals surface area contributed by atoms with E-state index in [1.54, 1.807) is 6.07 Å². The molecule has 0 unspecified atom stereocenters. The molecule has 0 aliphatic heterocycles. The molecule has 0 saturated carbocycles. The average molecular weight is 289 g/mol. The molecule has 1 aromatic rings. The van der Waals surface area contributed by atoms with Crippen LogP contribution in [-0.2, 0) is 5.88 Å². The Balaban J connectivity index is 2.95. The maximum Gasteiger partial charge on any atom is 0.573 e. The standard InChI is InChI=1S/C8H5BrClF3O/c9-6-2-1-5(4-10)3-7(6)14-8(11,12)13/h1-3H,4H2. The van der Waals surface area contributed by atoms with E-state index >= 15 is 0 Å². The van der Waals surface area contributed by atoms with Gasteiger partial charge in [0.2, 0.25) is 0 Å². The van der Waals surface area contributed by atoms with Gasteiger partial charge in [0.05, 0.1) is 4.47 Å². The van der Waals surface area contributed by atoms with E-state index in [1.807, 2.05) is 0 Å². The van der Waals surface area contributed by atoms with Crippen molar-refractivity contribution in [1.29, 1.82) is 0 Å². The molecule has 1 rings (SSSR count). The fourth-order valence-electron chi connectivity index (χ4n) is 0.834. The summed E-state index contributed by atoms with van der Waals surface area (Å²) in [5.74, 6) is -0.141. The molecule has 1 aromatic carbocycles. The maximum atomic E-state index is 11.9. The molecule has 0 aromatic heterocycles. The molecule has 14 heavy (non-hydrogen) atoms. The second-order valence-corrected chi connectivity index (χ2v) is 3.57. The smallest absolute Gasteiger partial charge is 0.405 e. The number of hydrogen-bond donors (Lipinski definition) is 0. The zero-order valence-electron chi connectivity index (χ0n) is 6.74. The normalized spacial score (nSPS) is 11.5. The van der Waals surface area contributed by atoms with Crippen molar-refractivity contribution < 1.29 is 17.9 Å². The van der Waals surface area contributed by atoms with Crippen molar-refractivity contribution in [1.82, 2.24) is 0 Å². The first-order chi connectivity index (χ1) is 6.42. The predicted octanol–water partition coefficient (Wildman–Crippen LogP) is 4.09. The van der Waals surface area contributed by atoms with E-state index in [4.69, 9.17) is 11.6 Å². The highest BCUT2D eigenvalue weighted by molar-refractivity contribution is 9.10. The molecule has 0 aliphatic rings. The number of rotatable bonds is 2. The Morgan fingerprint density at radius 2 is 2.00 bits per heavy atom. The SMILES string of the molecule is FC(F)(F)Oc1cc(CCl)ccc1Br. The Kier molecular flexibility index (Phi) is 3.66. The molecule has 0 amide bonds. The monoisotopic (exact) mass is 288 g/mol. The first-order valence-electron chi connectivity index (χ1n) is 3.52. The quantitative estimate of drug-likeness (QED) is 0.745. The van der Waals surface area contributed by atoms with Crippen molar-refractivity contribution in [3.05, 3.63) is 28.2 Å². The van der Waals surface area contributed by atoms with Gasteiger partial charge in [-0.05, 0) is 33.6 Å². The van der Waals surface area contributed by atoms with Gasteiger partial charge in [0.25, 0.3) is 0 Å². The van der Waals surface area contributed by atoms with Crippen LogP contribution in [0.5, 0.6) is 5.75 Å². The van der Waals surface area contributed by atoms with Crippen LogP contribution in [0.25, 0.3) is 0 Å². The molecule has 1 nitrogen and oxygen atoms in total. The molecule has 0 spiro atoms. The van der Waals surface area contributed by atoms with Gasteiger partial charge < -0.3 is 4.74 Å². The number of halogens is 5. The van der Waals surface area contributed by atoms with E-state index in [2.05, 4.69) is 20.7 Å². The highest BCUT2D eigenvalue weighted by Crippen LogP contribution is 2.31. The molecular weight excluding hydrogens is 284 g/mol. The van der Waals surface area contributed by atoms with Gasteiger partial charge in [0, 0.05) is 5.88 Å². The second-order valence-electron chi connectivity index (χ2n) is 2.45. The molecule has 0 N–H and O–H groups in total. The van der Waals surface area contributed by atoms with Crippen LogP contribution in [0.2, 0.25) is 0 Å². The van der Waals surface area contributed by atoms with Gasteiger partial charge >= 0.3 is 6.36 Å². The second kappa shape index (κ2) is 4.40. The van der Waals surface area contributed by atoms with E-state index in [9.17, 15) is 13.2 Å². The zero-order valence-corrected chi connectivity index (χ0v) is 9.08. The van der Waals surface area contributed by atoms with Crippen molar-refractivity contribution in [2.75, 3.05) is 0 Å². The fourth-order valence-corrected chi connectivity index (χ4v) is 1.33. The summed E-state index contributed by atoms with van der Waals surface area (Å²) in [6.07, 6.45) is -4.69.